The van der Waals surface area contributed by atoms with Crippen LogP contribution in [0.1, 0.15) is 20.3 Å². The minimum absolute atomic E-state index is 0.247. The van der Waals surface area contributed by atoms with Crippen molar-refractivity contribution >= 4 is 5.97 Å². The quantitative estimate of drug-likeness (QED) is 0.732. The molecule has 0 aliphatic rings. The number of carbonyl (C=O) groups is 1. The van der Waals surface area contributed by atoms with Crippen LogP contribution in [0.5, 0.6) is 5.75 Å². The fourth-order valence-corrected chi connectivity index (χ4v) is 1.70. The summed E-state index contributed by atoms with van der Waals surface area (Å²) in [5.74, 6) is 0.0555. The Labute approximate surface area is 107 Å². The summed E-state index contributed by atoms with van der Waals surface area (Å²) in [6.45, 7) is 4.32. The molecule has 3 nitrogen and oxygen atoms in total. The molecule has 0 saturated heterocycles. The Kier molecular flexibility index (Phi) is 5.62. The summed E-state index contributed by atoms with van der Waals surface area (Å²) in [7, 11) is 1.37. The van der Waals surface area contributed by atoms with E-state index >= 15 is 0 Å². The standard InChI is InChI=1S/C14H19FO3/c1-10(2)8-11(14(16)17-3)9-18-13-6-4-12(15)5-7-13/h4-7,10-11H,8-9H2,1-3H3. The van der Waals surface area contributed by atoms with E-state index in [2.05, 4.69) is 0 Å². The molecule has 18 heavy (non-hydrogen) atoms. The molecule has 1 unspecified atom stereocenters. The van der Waals surface area contributed by atoms with Crippen molar-refractivity contribution in [3.63, 3.8) is 0 Å². The average Bonchev–Trinajstić information content (AvgIpc) is 2.35. The van der Waals surface area contributed by atoms with Crippen molar-refractivity contribution in [1.82, 2.24) is 0 Å². The summed E-state index contributed by atoms with van der Waals surface area (Å²) in [5.41, 5.74) is 0. The van der Waals surface area contributed by atoms with E-state index in [9.17, 15) is 9.18 Å². The monoisotopic (exact) mass is 254 g/mol. The number of methoxy groups -OCH3 is 1. The molecule has 0 saturated carbocycles. The second kappa shape index (κ2) is 6.99. The normalized spacial score (nSPS) is 12.3. The van der Waals surface area contributed by atoms with Crippen LogP contribution in [0, 0.1) is 17.7 Å². The van der Waals surface area contributed by atoms with Crippen molar-refractivity contribution in [2.45, 2.75) is 20.3 Å². The van der Waals surface area contributed by atoms with E-state index in [1.54, 1.807) is 12.1 Å². The van der Waals surface area contributed by atoms with Gasteiger partial charge >= 0.3 is 5.97 Å². The third-order valence-corrected chi connectivity index (χ3v) is 2.56. The van der Waals surface area contributed by atoms with Crippen molar-refractivity contribution in [1.29, 1.82) is 0 Å². The molecule has 0 aromatic heterocycles. The zero-order chi connectivity index (χ0) is 13.5. The molecule has 0 fully saturated rings. The van der Waals surface area contributed by atoms with Gasteiger partial charge in [-0.05, 0) is 36.6 Å². The van der Waals surface area contributed by atoms with Gasteiger partial charge in [0.1, 0.15) is 18.2 Å². The Balaban J connectivity index is 2.55. The summed E-state index contributed by atoms with van der Waals surface area (Å²) in [6.07, 6.45) is 0.702. The molecule has 0 aliphatic carbocycles. The molecule has 0 heterocycles. The van der Waals surface area contributed by atoms with E-state index in [1.807, 2.05) is 13.8 Å². The van der Waals surface area contributed by atoms with Crippen molar-refractivity contribution in [2.75, 3.05) is 13.7 Å². The Hall–Kier alpha value is -1.58. The van der Waals surface area contributed by atoms with Crippen LogP contribution < -0.4 is 4.74 Å². The number of halogens is 1. The summed E-state index contributed by atoms with van der Waals surface area (Å²) < 4.78 is 22.9. The van der Waals surface area contributed by atoms with Crippen LogP contribution in [0.2, 0.25) is 0 Å². The van der Waals surface area contributed by atoms with E-state index in [-0.39, 0.29) is 24.3 Å². The first kappa shape index (κ1) is 14.5. The molecule has 0 N–H and O–H groups in total. The Morgan fingerprint density at radius 3 is 2.39 bits per heavy atom. The first-order valence-electron chi connectivity index (χ1n) is 5.99. The number of benzene rings is 1. The van der Waals surface area contributed by atoms with Crippen LogP contribution >= 0.6 is 0 Å². The van der Waals surface area contributed by atoms with Crippen molar-refractivity contribution < 1.29 is 18.7 Å². The minimum atomic E-state index is -0.311. The highest BCUT2D eigenvalue weighted by Crippen LogP contribution is 2.17. The van der Waals surface area contributed by atoms with Gasteiger partial charge in [0.15, 0.2) is 0 Å². The Bertz CT molecular complexity index is 373. The number of carbonyl (C=O) groups excluding carboxylic acids is 1. The van der Waals surface area contributed by atoms with Crippen molar-refractivity contribution in [3.05, 3.63) is 30.1 Å². The molecule has 0 bridgehead atoms. The third-order valence-electron chi connectivity index (χ3n) is 2.56. The second-order valence-corrected chi connectivity index (χ2v) is 4.61. The lowest BCUT2D eigenvalue weighted by atomic mass is 9.98. The van der Waals surface area contributed by atoms with Crippen LogP contribution in [0.3, 0.4) is 0 Å². The molecule has 1 atom stereocenters. The number of hydrogen-bond acceptors (Lipinski definition) is 3. The maximum atomic E-state index is 12.7. The number of esters is 1. The fourth-order valence-electron chi connectivity index (χ4n) is 1.70. The van der Waals surface area contributed by atoms with Gasteiger partial charge in [0.2, 0.25) is 0 Å². The minimum Gasteiger partial charge on any atom is -0.493 e. The molecule has 0 amide bonds. The van der Waals surface area contributed by atoms with Gasteiger partial charge in [0.25, 0.3) is 0 Å². The Morgan fingerprint density at radius 1 is 1.28 bits per heavy atom. The zero-order valence-corrected chi connectivity index (χ0v) is 11.0. The highest BCUT2D eigenvalue weighted by Gasteiger charge is 2.21. The molecule has 1 aromatic rings. The van der Waals surface area contributed by atoms with Gasteiger partial charge in [0, 0.05) is 0 Å². The predicted octanol–water partition coefficient (Wildman–Crippen LogP) is 3.04. The topological polar surface area (TPSA) is 35.5 Å². The average molecular weight is 254 g/mol. The van der Waals surface area contributed by atoms with Gasteiger partial charge in [-0.15, -0.1) is 0 Å². The van der Waals surface area contributed by atoms with Gasteiger partial charge in [-0.25, -0.2) is 4.39 Å². The number of rotatable bonds is 6. The van der Waals surface area contributed by atoms with Crippen LogP contribution in [0.4, 0.5) is 4.39 Å². The van der Waals surface area contributed by atoms with E-state index in [0.29, 0.717) is 18.1 Å². The van der Waals surface area contributed by atoms with Gasteiger partial charge in [-0.1, -0.05) is 13.8 Å². The maximum Gasteiger partial charge on any atom is 0.312 e. The summed E-state index contributed by atoms with van der Waals surface area (Å²) >= 11 is 0. The molecule has 1 aromatic carbocycles. The van der Waals surface area contributed by atoms with Gasteiger partial charge < -0.3 is 9.47 Å². The first-order valence-corrected chi connectivity index (χ1v) is 5.99. The molecule has 4 heteroatoms. The second-order valence-electron chi connectivity index (χ2n) is 4.61. The molecular formula is C14H19FO3. The van der Waals surface area contributed by atoms with E-state index < -0.39 is 0 Å². The lowest BCUT2D eigenvalue weighted by Crippen LogP contribution is -2.24. The number of hydrogen-bond donors (Lipinski definition) is 0. The van der Waals surface area contributed by atoms with Crippen LogP contribution in [0.25, 0.3) is 0 Å². The van der Waals surface area contributed by atoms with Crippen molar-refractivity contribution in [3.8, 4) is 5.75 Å². The third kappa shape index (κ3) is 4.73. The van der Waals surface area contributed by atoms with Gasteiger partial charge in [-0.3, -0.25) is 4.79 Å². The molecule has 0 aliphatic heterocycles. The highest BCUT2D eigenvalue weighted by atomic mass is 19.1. The maximum absolute atomic E-state index is 12.7. The molecule has 1 rings (SSSR count). The smallest absolute Gasteiger partial charge is 0.312 e. The largest absolute Gasteiger partial charge is 0.493 e. The Morgan fingerprint density at radius 2 is 1.89 bits per heavy atom. The fraction of sp³-hybridized carbons (Fsp3) is 0.500. The first-order chi connectivity index (χ1) is 8.52. The lowest BCUT2D eigenvalue weighted by Gasteiger charge is -2.17. The van der Waals surface area contributed by atoms with E-state index in [1.165, 1.54) is 19.2 Å². The summed E-state index contributed by atoms with van der Waals surface area (Å²) in [4.78, 5) is 11.6. The zero-order valence-electron chi connectivity index (χ0n) is 11.0. The van der Waals surface area contributed by atoms with Crippen LogP contribution in [0.15, 0.2) is 24.3 Å². The van der Waals surface area contributed by atoms with E-state index in [4.69, 9.17) is 9.47 Å². The molecule has 0 radical (unpaired) electrons. The molecule has 100 valence electrons. The number of ether oxygens (including phenoxy) is 2. The van der Waals surface area contributed by atoms with Crippen molar-refractivity contribution in [2.24, 2.45) is 11.8 Å². The van der Waals surface area contributed by atoms with Gasteiger partial charge in [0.05, 0.1) is 13.0 Å². The van der Waals surface area contributed by atoms with Crippen LogP contribution in [-0.2, 0) is 9.53 Å². The summed E-state index contributed by atoms with van der Waals surface area (Å²) in [5, 5.41) is 0. The van der Waals surface area contributed by atoms with Crippen LogP contribution in [-0.4, -0.2) is 19.7 Å². The molecular weight excluding hydrogens is 235 g/mol. The lowest BCUT2D eigenvalue weighted by molar-refractivity contribution is -0.147. The SMILES string of the molecule is COC(=O)C(COc1ccc(F)cc1)CC(C)C. The van der Waals surface area contributed by atoms with E-state index in [0.717, 1.165) is 0 Å². The summed E-state index contributed by atoms with van der Waals surface area (Å²) in [6, 6.07) is 5.73. The predicted molar refractivity (Wildman–Crippen MR) is 66.9 cm³/mol. The molecule has 0 spiro atoms. The van der Waals surface area contributed by atoms with Gasteiger partial charge in [-0.2, -0.15) is 0 Å². The highest BCUT2D eigenvalue weighted by molar-refractivity contribution is 5.72.